The van der Waals surface area contributed by atoms with Gasteiger partial charge in [0.15, 0.2) is 0 Å². The summed E-state index contributed by atoms with van der Waals surface area (Å²) in [4.78, 5) is 41.8. The summed E-state index contributed by atoms with van der Waals surface area (Å²) in [5.41, 5.74) is 0.622. The van der Waals surface area contributed by atoms with Crippen LogP contribution in [-0.2, 0) is 11.3 Å². The van der Waals surface area contributed by atoms with Crippen LogP contribution in [0.1, 0.15) is 13.3 Å². The molecule has 1 aromatic heterocycles. The molecule has 8 heteroatoms. The molecule has 32 heavy (non-hydrogen) atoms. The molecule has 1 atom stereocenters. The third-order valence-corrected chi connectivity index (χ3v) is 6.10. The highest BCUT2D eigenvalue weighted by Gasteiger charge is 2.21. The van der Waals surface area contributed by atoms with Gasteiger partial charge in [-0.1, -0.05) is 30.3 Å². The number of carbonyl (C=O) groups is 1. The SMILES string of the molecule is CC(CNC(=O)CCn1[nH]c(=O)c2ccccc2c1=O)N1CCN(c2ccccc2)CC1. The number of piperazine rings is 1. The molecule has 168 valence electrons. The minimum absolute atomic E-state index is 0.128. The summed E-state index contributed by atoms with van der Waals surface area (Å²) in [6, 6.07) is 17.3. The van der Waals surface area contributed by atoms with E-state index in [2.05, 4.69) is 51.4 Å². The number of nitrogens with zero attached hydrogens (tertiary/aromatic N) is 3. The summed E-state index contributed by atoms with van der Waals surface area (Å²) < 4.78 is 1.22. The van der Waals surface area contributed by atoms with Gasteiger partial charge in [-0.05, 0) is 31.2 Å². The Kier molecular flexibility index (Phi) is 6.70. The van der Waals surface area contributed by atoms with Gasteiger partial charge in [0, 0.05) is 50.9 Å². The fourth-order valence-electron chi connectivity index (χ4n) is 4.16. The molecule has 1 aliphatic rings. The van der Waals surface area contributed by atoms with Crippen LogP contribution in [0.4, 0.5) is 5.69 Å². The number of para-hydroxylation sites is 1. The molecule has 1 unspecified atom stereocenters. The van der Waals surface area contributed by atoms with E-state index in [1.165, 1.54) is 10.4 Å². The summed E-state index contributed by atoms with van der Waals surface area (Å²) in [6.45, 7) is 6.60. The zero-order valence-corrected chi connectivity index (χ0v) is 18.3. The van der Waals surface area contributed by atoms with Gasteiger partial charge in [0.25, 0.3) is 11.1 Å². The van der Waals surface area contributed by atoms with E-state index in [-0.39, 0.29) is 36.0 Å². The lowest BCUT2D eigenvalue weighted by Gasteiger charge is -2.39. The summed E-state index contributed by atoms with van der Waals surface area (Å²) in [6.07, 6.45) is 0.128. The smallest absolute Gasteiger partial charge is 0.273 e. The van der Waals surface area contributed by atoms with Gasteiger partial charge in [-0.3, -0.25) is 24.4 Å². The lowest BCUT2D eigenvalue weighted by atomic mass is 10.2. The molecule has 0 radical (unpaired) electrons. The monoisotopic (exact) mass is 435 g/mol. The van der Waals surface area contributed by atoms with E-state index in [0.717, 1.165) is 26.2 Å². The number of fused-ring (bicyclic) bond motifs is 1. The Balaban J connectivity index is 1.25. The number of H-pyrrole nitrogens is 1. The summed E-state index contributed by atoms with van der Waals surface area (Å²) in [5.74, 6) is -0.138. The van der Waals surface area contributed by atoms with Gasteiger partial charge < -0.3 is 10.2 Å². The number of anilines is 1. The van der Waals surface area contributed by atoms with Crippen LogP contribution in [0.5, 0.6) is 0 Å². The number of hydrogen-bond donors (Lipinski definition) is 2. The topological polar surface area (TPSA) is 90.4 Å². The Bertz CT molecular complexity index is 1180. The second-order valence-corrected chi connectivity index (χ2v) is 8.20. The number of aromatic amines is 1. The second-order valence-electron chi connectivity index (χ2n) is 8.20. The van der Waals surface area contributed by atoms with Gasteiger partial charge in [-0.25, -0.2) is 4.68 Å². The largest absolute Gasteiger partial charge is 0.369 e. The lowest BCUT2D eigenvalue weighted by Crippen LogP contribution is -2.52. The van der Waals surface area contributed by atoms with Crippen molar-refractivity contribution in [2.24, 2.45) is 0 Å². The molecule has 2 heterocycles. The third-order valence-electron chi connectivity index (χ3n) is 6.10. The van der Waals surface area contributed by atoms with Crippen molar-refractivity contribution in [1.82, 2.24) is 20.0 Å². The Morgan fingerprint density at radius 2 is 1.62 bits per heavy atom. The van der Waals surface area contributed by atoms with Gasteiger partial charge >= 0.3 is 0 Å². The molecular formula is C24H29N5O3. The molecule has 0 bridgehead atoms. The Hall–Kier alpha value is -3.39. The van der Waals surface area contributed by atoms with Crippen molar-refractivity contribution in [1.29, 1.82) is 0 Å². The molecule has 0 aliphatic carbocycles. The van der Waals surface area contributed by atoms with E-state index in [0.29, 0.717) is 17.3 Å². The Labute approximate surface area is 186 Å². The van der Waals surface area contributed by atoms with E-state index >= 15 is 0 Å². The van der Waals surface area contributed by atoms with Crippen molar-refractivity contribution in [2.45, 2.75) is 25.9 Å². The first-order valence-corrected chi connectivity index (χ1v) is 11.1. The van der Waals surface area contributed by atoms with Crippen molar-refractivity contribution in [3.63, 3.8) is 0 Å². The Morgan fingerprint density at radius 1 is 0.969 bits per heavy atom. The lowest BCUT2D eigenvalue weighted by molar-refractivity contribution is -0.121. The minimum Gasteiger partial charge on any atom is -0.369 e. The van der Waals surface area contributed by atoms with Gasteiger partial charge in [-0.2, -0.15) is 0 Å². The zero-order valence-electron chi connectivity index (χ0n) is 18.3. The van der Waals surface area contributed by atoms with Crippen LogP contribution in [0.15, 0.2) is 64.2 Å². The highest BCUT2D eigenvalue weighted by Crippen LogP contribution is 2.16. The first-order valence-electron chi connectivity index (χ1n) is 11.1. The average molecular weight is 436 g/mol. The van der Waals surface area contributed by atoms with Crippen molar-refractivity contribution in [3.05, 3.63) is 75.3 Å². The van der Waals surface area contributed by atoms with Crippen LogP contribution in [0.25, 0.3) is 10.8 Å². The molecule has 2 aromatic carbocycles. The summed E-state index contributed by atoms with van der Waals surface area (Å²) >= 11 is 0. The molecule has 0 saturated carbocycles. The van der Waals surface area contributed by atoms with Crippen molar-refractivity contribution < 1.29 is 4.79 Å². The molecular weight excluding hydrogens is 406 g/mol. The van der Waals surface area contributed by atoms with Crippen LogP contribution in [0.3, 0.4) is 0 Å². The first-order chi connectivity index (χ1) is 15.5. The quantitative estimate of drug-likeness (QED) is 0.586. The van der Waals surface area contributed by atoms with E-state index < -0.39 is 0 Å². The van der Waals surface area contributed by atoms with Crippen LogP contribution in [0, 0.1) is 0 Å². The number of nitrogens with one attached hydrogen (secondary N) is 2. The van der Waals surface area contributed by atoms with Crippen molar-refractivity contribution >= 4 is 22.4 Å². The van der Waals surface area contributed by atoms with Gasteiger partial charge in [-0.15, -0.1) is 0 Å². The second kappa shape index (κ2) is 9.82. The number of benzene rings is 2. The van der Waals surface area contributed by atoms with Gasteiger partial charge in [0.1, 0.15) is 0 Å². The molecule has 4 rings (SSSR count). The Morgan fingerprint density at radius 3 is 2.34 bits per heavy atom. The van der Waals surface area contributed by atoms with Crippen molar-refractivity contribution in [3.8, 4) is 0 Å². The predicted octanol–water partition coefficient (Wildman–Crippen LogP) is 1.41. The summed E-state index contributed by atoms with van der Waals surface area (Å²) in [7, 11) is 0. The van der Waals surface area contributed by atoms with Gasteiger partial charge in [0.05, 0.1) is 17.3 Å². The molecule has 1 fully saturated rings. The molecule has 3 aromatic rings. The molecule has 1 amide bonds. The highest BCUT2D eigenvalue weighted by atomic mass is 16.2. The number of aromatic nitrogens is 2. The number of amides is 1. The van der Waals surface area contributed by atoms with E-state index in [1.807, 2.05) is 6.07 Å². The van der Waals surface area contributed by atoms with E-state index in [9.17, 15) is 14.4 Å². The maximum Gasteiger partial charge on any atom is 0.273 e. The van der Waals surface area contributed by atoms with Crippen molar-refractivity contribution in [2.75, 3.05) is 37.6 Å². The van der Waals surface area contributed by atoms with E-state index in [4.69, 9.17) is 0 Å². The number of aryl methyl sites for hydroxylation is 1. The predicted molar refractivity (Wildman–Crippen MR) is 126 cm³/mol. The van der Waals surface area contributed by atoms with Crippen LogP contribution in [-0.4, -0.2) is 59.4 Å². The van der Waals surface area contributed by atoms with Gasteiger partial charge in [0.2, 0.25) is 5.91 Å². The number of rotatable bonds is 7. The van der Waals surface area contributed by atoms with Crippen LogP contribution < -0.4 is 21.3 Å². The van der Waals surface area contributed by atoms with Crippen LogP contribution in [0.2, 0.25) is 0 Å². The highest BCUT2D eigenvalue weighted by molar-refractivity contribution is 5.80. The van der Waals surface area contributed by atoms with E-state index in [1.54, 1.807) is 24.3 Å². The maximum absolute atomic E-state index is 12.5. The standard InChI is InChI=1S/C24H29N5O3/c1-18(27-13-15-28(16-14-27)19-7-3-2-4-8-19)17-25-22(30)11-12-29-24(32)21-10-6-5-9-20(21)23(31)26-29/h2-10,18H,11-17H2,1H3,(H,25,30)(H,26,31). The number of carbonyl (C=O) groups excluding carboxylic acids is 1. The minimum atomic E-state index is -0.330. The first kappa shape index (κ1) is 21.8. The number of hydrogen-bond acceptors (Lipinski definition) is 5. The molecule has 0 spiro atoms. The maximum atomic E-state index is 12.5. The fraction of sp³-hybridized carbons (Fsp3) is 0.375. The average Bonchev–Trinajstić information content (AvgIpc) is 2.84. The molecule has 2 N–H and O–H groups in total. The summed E-state index contributed by atoms with van der Waals surface area (Å²) in [5, 5.41) is 6.25. The molecule has 1 aliphatic heterocycles. The fourth-order valence-corrected chi connectivity index (χ4v) is 4.16. The molecule has 8 nitrogen and oxygen atoms in total. The third kappa shape index (κ3) is 4.91. The zero-order chi connectivity index (χ0) is 22.5. The molecule has 1 saturated heterocycles. The van der Waals surface area contributed by atoms with Crippen LogP contribution >= 0.6 is 0 Å². The normalized spacial score (nSPS) is 15.6.